The molecule has 0 aliphatic heterocycles. The summed E-state index contributed by atoms with van der Waals surface area (Å²) >= 11 is 0. The minimum atomic E-state index is -1.91. The molecule has 0 heterocycles. The van der Waals surface area contributed by atoms with Crippen molar-refractivity contribution in [1.29, 1.82) is 0 Å². The van der Waals surface area contributed by atoms with Crippen molar-refractivity contribution in [3.05, 3.63) is 0 Å². The van der Waals surface area contributed by atoms with Crippen LogP contribution in [-0.2, 0) is 9.74 Å². The summed E-state index contributed by atoms with van der Waals surface area (Å²) < 4.78 is 10.0. The summed E-state index contributed by atoms with van der Waals surface area (Å²) in [6, 6.07) is 0. The highest BCUT2D eigenvalue weighted by Gasteiger charge is 1.87. The van der Waals surface area contributed by atoms with Gasteiger partial charge in [0.15, 0.2) is 0 Å². The first-order chi connectivity index (χ1) is 4.00. The normalized spacial score (nSPS) is 6.44. The number of halogens is 1. The van der Waals surface area contributed by atoms with Crippen LogP contribution < -0.4 is 0 Å². The smallest absolute Gasteiger partial charge is 0.481 e. The molecular formula is C3H5FO5. The molecule has 54 valence electrons. The third-order valence-corrected chi connectivity index (χ3v) is 0.0660. The quantitative estimate of drug-likeness (QED) is 0.516. The van der Waals surface area contributed by atoms with Crippen molar-refractivity contribution in [2.24, 2.45) is 0 Å². The van der Waals surface area contributed by atoms with Crippen molar-refractivity contribution < 1.29 is 29.3 Å². The topological polar surface area (TPSA) is 83.8 Å². The van der Waals surface area contributed by atoms with Gasteiger partial charge in [0.2, 0.25) is 0 Å². The molecular weight excluding hydrogens is 135 g/mol. The summed E-state index contributed by atoms with van der Waals surface area (Å²) in [5.74, 6) is -0.833. The maximum absolute atomic E-state index is 10.0. The van der Waals surface area contributed by atoms with Crippen LogP contribution in [0.3, 0.4) is 0 Å². The molecule has 0 spiro atoms. The second-order valence-electron chi connectivity index (χ2n) is 0.862. The molecule has 0 fully saturated rings. The zero-order valence-corrected chi connectivity index (χ0v) is 4.50. The summed E-state index contributed by atoms with van der Waals surface area (Å²) in [6.07, 6.45) is -1.91. The maximum Gasteiger partial charge on any atom is 0.542 e. The number of rotatable bonds is 0. The van der Waals surface area contributed by atoms with Crippen molar-refractivity contribution in [3.63, 3.8) is 0 Å². The molecule has 0 aromatic rings. The van der Waals surface area contributed by atoms with Gasteiger partial charge in [-0.05, 0) is 0 Å². The molecule has 0 unspecified atom stereocenters. The lowest BCUT2D eigenvalue weighted by molar-refractivity contribution is -0.134. The van der Waals surface area contributed by atoms with Gasteiger partial charge in [-0.1, -0.05) is 0 Å². The largest absolute Gasteiger partial charge is 0.542 e. The second-order valence-corrected chi connectivity index (χ2v) is 0.862. The highest BCUT2D eigenvalue weighted by Crippen LogP contribution is 1.69. The zero-order chi connectivity index (χ0) is 7.86. The molecule has 0 aromatic heterocycles. The molecule has 0 aliphatic rings. The number of aliphatic carboxylic acids is 1. The fraction of sp³-hybridized carbons (Fsp3) is 0.333. The summed E-state index contributed by atoms with van der Waals surface area (Å²) in [4.78, 5) is 19.9. The van der Waals surface area contributed by atoms with Crippen molar-refractivity contribution >= 4 is 12.1 Å². The Hall–Kier alpha value is -1.33. The van der Waals surface area contributed by atoms with E-state index in [2.05, 4.69) is 4.94 Å². The number of carboxylic acid groups (broad SMARTS) is 2. The Balaban J connectivity index is 0. The van der Waals surface area contributed by atoms with E-state index in [9.17, 15) is 4.53 Å². The fourth-order valence-electron chi connectivity index (χ4n) is 0. The van der Waals surface area contributed by atoms with Crippen molar-refractivity contribution in [3.8, 4) is 0 Å². The zero-order valence-electron chi connectivity index (χ0n) is 4.50. The number of hydrogen-bond donors (Lipinski definition) is 2. The molecule has 0 amide bonds. The van der Waals surface area contributed by atoms with Gasteiger partial charge in [0, 0.05) is 11.4 Å². The molecule has 0 radical (unpaired) electrons. The second kappa shape index (κ2) is 6.67. The Labute approximate surface area is 49.6 Å². The molecule has 0 aromatic carbocycles. The van der Waals surface area contributed by atoms with Gasteiger partial charge in [-0.3, -0.25) is 4.79 Å². The monoisotopic (exact) mass is 140 g/mol. The molecule has 2 N–H and O–H groups in total. The van der Waals surface area contributed by atoms with E-state index in [1.165, 1.54) is 0 Å². The lowest BCUT2D eigenvalue weighted by Crippen LogP contribution is -1.86. The van der Waals surface area contributed by atoms with Crippen LogP contribution in [0.1, 0.15) is 6.92 Å². The van der Waals surface area contributed by atoms with Crippen molar-refractivity contribution in [1.82, 2.24) is 0 Å². The van der Waals surface area contributed by atoms with E-state index in [4.69, 9.17) is 19.8 Å². The van der Waals surface area contributed by atoms with Crippen LogP contribution in [0.4, 0.5) is 9.32 Å². The Bertz CT molecular complexity index is 96.4. The van der Waals surface area contributed by atoms with Gasteiger partial charge in [-0.2, -0.15) is 0 Å². The van der Waals surface area contributed by atoms with Crippen LogP contribution in [0, 0.1) is 0 Å². The van der Waals surface area contributed by atoms with Crippen LogP contribution in [0.2, 0.25) is 0 Å². The number of carboxylic acids is 1. The predicted octanol–water partition coefficient (Wildman–Crippen LogP) is 0.656. The molecule has 0 bridgehead atoms. The average molecular weight is 140 g/mol. The van der Waals surface area contributed by atoms with Crippen LogP contribution in [-0.4, -0.2) is 22.3 Å². The molecule has 9 heavy (non-hydrogen) atoms. The third kappa shape index (κ3) is 324. The van der Waals surface area contributed by atoms with Gasteiger partial charge in [0.1, 0.15) is 0 Å². The van der Waals surface area contributed by atoms with E-state index < -0.39 is 12.1 Å². The van der Waals surface area contributed by atoms with Crippen LogP contribution in [0.5, 0.6) is 0 Å². The van der Waals surface area contributed by atoms with E-state index in [1.54, 1.807) is 0 Å². The molecule has 0 atom stereocenters. The lowest BCUT2D eigenvalue weighted by atomic mass is 10.9. The van der Waals surface area contributed by atoms with E-state index in [0.717, 1.165) is 6.92 Å². The van der Waals surface area contributed by atoms with Crippen LogP contribution in [0.15, 0.2) is 0 Å². The Kier molecular flexibility index (Phi) is 7.87. The van der Waals surface area contributed by atoms with Gasteiger partial charge in [-0.15, -0.1) is 0 Å². The summed E-state index contributed by atoms with van der Waals surface area (Å²) in [7, 11) is 0. The van der Waals surface area contributed by atoms with Gasteiger partial charge in [0.05, 0.1) is 0 Å². The minimum absolute atomic E-state index is 0.833. The van der Waals surface area contributed by atoms with Gasteiger partial charge >= 0.3 is 6.16 Å². The Morgan fingerprint density at radius 3 is 1.56 bits per heavy atom. The van der Waals surface area contributed by atoms with Crippen molar-refractivity contribution in [2.45, 2.75) is 6.92 Å². The van der Waals surface area contributed by atoms with Gasteiger partial charge in [0.25, 0.3) is 5.97 Å². The SMILES string of the molecule is CC(=O)O.O=C(O)OF. The number of hydrogen-bond acceptors (Lipinski definition) is 3. The predicted molar refractivity (Wildman–Crippen MR) is 23.5 cm³/mol. The first-order valence-corrected chi connectivity index (χ1v) is 1.71. The molecule has 5 nitrogen and oxygen atoms in total. The van der Waals surface area contributed by atoms with Crippen LogP contribution in [0.25, 0.3) is 0 Å². The summed E-state index contributed by atoms with van der Waals surface area (Å²) in [5.41, 5.74) is 0. The fourth-order valence-corrected chi connectivity index (χ4v) is 0. The third-order valence-electron chi connectivity index (χ3n) is 0.0660. The van der Waals surface area contributed by atoms with Gasteiger partial charge < -0.3 is 10.2 Å². The van der Waals surface area contributed by atoms with Crippen molar-refractivity contribution in [2.75, 3.05) is 0 Å². The van der Waals surface area contributed by atoms with E-state index >= 15 is 0 Å². The molecule has 0 aliphatic carbocycles. The average Bonchev–Trinajstić information content (AvgIpc) is 1.65. The highest BCUT2D eigenvalue weighted by atomic mass is 19.3. The lowest BCUT2D eigenvalue weighted by Gasteiger charge is -1.70. The minimum Gasteiger partial charge on any atom is -0.481 e. The van der Waals surface area contributed by atoms with E-state index in [1.807, 2.05) is 0 Å². The first kappa shape index (κ1) is 10.6. The maximum atomic E-state index is 10.0. The summed E-state index contributed by atoms with van der Waals surface area (Å²) in [6.45, 7) is 1.08. The highest BCUT2D eigenvalue weighted by molar-refractivity contribution is 5.62. The molecule has 6 heteroatoms. The Morgan fingerprint density at radius 2 is 1.56 bits per heavy atom. The molecule has 0 rings (SSSR count). The van der Waals surface area contributed by atoms with Crippen LogP contribution >= 0.6 is 0 Å². The number of carbonyl (C=O) groups is 2. The molecule has 0 saturated carbocycles. The standard InChI is InChI=1S/C2H4O2.CHFO3/c1-2(3)4;2-5-1(3)4/h1H3,(H,3,4);(H,3,4). The van der Waals surface area contributed by atoms with E-state index in [-0.39, 0.29) is 0 Å². The first-order valence-electron chi connectivity index (χ1n) is 1.71. The molecule has 0 saturated heterocycles. The van der Waals surface area contributed by atoms with Gasteiger partial charge in [-0.25, -0.2) is 9.74 Å². The Morgan fingerprint density at radius 1 is 1.44 bits per heavy atom. The van der Waals surface area contributed by atoms with E-state index in [0.29, 0.717) is 0 Å². The summed E-state index contributed by atoms with van der Waals surface area (Å²) in [5, 5.41) is 14.5.